The third kappa shape index (κ3) is 4.46. The van der Waals surface area contributed by atoms with E-state index in [0.29, 0.717) is 4.31 Å². The average Bonchev–Trinajstić information content (AvgIpc) is 2.36. The van der Waals surface area contributed by atoms with E-state index >= 15 is 0 Å². The number of rotatable bonds is 7. The van der Waals surface area contributed by atoms with Crippen LogP contribution in [0.4, 0.5) is 8.78 Å². The van der Waals surface area contributed by atoms with Crippen molar-refractivity contribution in [3.05, 3.63) is 29.3 Å². The summed E-state index contributed by atoms with van der Waals surface area (Å²) in [6.07, 6.45) is -4.01. The van der Waals surface area contributed by atoms with Crippen LogP contribution >= 0.6 is 0 Å². The number of benzene rings is 1. The first-order chi connectivity index (χ1) is 10.1. The Bertz CT molecular complexity index is 636. The van der Waals surface area contributed by atoms with Crippen LogP contribution in [-0.4, -0.2) is 54.5 Å². The van der Waals surface area contributed by atoms with Gasteiger partial charge in [-0.3, -0.25) is 0 Å². The Balaban J connectivity index is 3.24. The van der Waals surface area contributed by atoms with Crippen LogP contribution in [0.2, 0.25) is 0 Å². The largest absolute Gasteiger partial charge is 0.478 e. The molecule has 0 amide bonds. The van der Waals surface area contributed by atoms with Crippen molar-refractivity contribution in [1.82, 2.24) is 4.31 Å². The smallest absolute Gasteiger partial charge is 0.335 e. The highest BCUT2D eigenvalue weighted by atomic mass is 32.2. The number of alkyl halides is 2. The highest BCUT2D eigenvalue weighted by Gasteiger charge is 2.29. The number of aryl methyl sites for hydroxylation is 1. The third-order valence-electron chi connectivity index (χ3n) is 2.88. The summed E-state index contributed by atoms with van der Waals surface area (Å²) in [7, 11) is -4.26. The van der Waals surface area contributed by atoms with Gasteiger partial charge in [-0.2, -0.15) is 4.31 Å². The summed E-state index contributed by atoms with van der Waals surface area (Å²) >= 11 is 0. The van der Waals surface area contributed by atoms with Crippen molar-refractivity contribution in [3.8, 4) is 0 Å². The van der Waals surface area contributed by atoms with E-state index in [1.165, 1.54) is 13.8 Å². The number of aromatic carboxylic acids is 1. The number of halogens is 2. The van der Waals surface area contributed by atoms with Crippen molar-refractivity contribution >= 4 is 16.0 Å². The van der Waals surface area contributed by atoms with Crippen LogP contribution in [0.1, 0.15) is 22.8 Å². The average molecular weight is 337 g/mol. The molecule has 1 aromatic carbocycles. The molecular formula is C13H17F2NO5S. The first kappa shape index (κ1) is 18.5. The minimum atomic E-state index is -4.26. The Morgan fingerprint density at radius 3 is 2.32 bits per heavy atom. The topological polar surface area (TPSA) is 94.9 Å². The van der Waals surface area contributed by atoms with Gasteiger partial charge in [0.05, 0.1) is 23.1 Å². The summed E-state index contributed by atoms with van der Waals surface area (Å²) in [4.78, 5) is 10.6. The molecule has 0 saturated carbocycles. The third-order valence-corrected chi connectivity index (χ3v) is 4.70. The van der Waals surface area contributed by atoms with Crippen LogP contribution in [0.3, 0.4) is 0 Å². The molecule has 9 heteroatoms. The van der Waals surface area contributed by atoms with Crippen LogP contribution in [0.15, 0.2) is 23.1 Å². The number of carboxylic acid groups (broad SMARTS) is 1. The summed E-state index contributed by atoms with van der Waals surface area (Å²) < 4.78 is 50.4. The molecule has 1 rings (SSSR count). The van der Waals surface area contributed by atoms with E-state index in [1.807, 2.05) is 0 Å². The minimum Gasteiger partial charge on any atom is -0.478 e. The number of carbonyl (C=O) groups is 1. The number of aliphatic hydroxyl groups is 1. The Hall–Kier alpha value is -1.58. The summed E-state index contributed by atoms with van der Waals surface area (Å²) in [5.74, 6) is -1.21. The number of nitrogens with zero attached hydrogens (tertiary/aromatic N) is 1. The molecule has 6 nitrogen and oxygen atoms in total. The zero-order chi connectivity index (χ0) is 17.1. The van der Waals surface area contributed by atoms with E-state index in [-0.39, 0.29) is 16.0 Å². The van der Waals surface area contributed by atoms with Gasteiger partial charge in [0.15, 0.2) is 0 Å². The molecule has 2 N–H and O–H groups in total. The molecule has 0 aliphatic carbocycles. The van der Waals surface area contributed by atoms with Gasteiger partial charge in [-0.15, -0.1) is 0 Å². The minimum absolute atomic E-state index is 0.0742. The normalized spacial score (nSPS) is 13.6. The number of carboxylic acids is 1. The van der Waals surface area contributed by atoms with Gasteiger partial charge in [-0.1, -0.05) is 0 Å². The second-order valence-electron chi connectivity index (χ2n) is 4.84. The molecule has 0 saturated heterocycles. The zero-order valence-electron chi connectivity index (χ0n) is 12.0. The quantitative estimate of drug-likeness (QED) is 0.783. The second kappa shape index (κ2) is 7.12. The van der Waals surface area contributed by atoms with Crippen LogP contribution < -0.4 is 0 Å². The highest BCUT2D eigenvalue weighted by Crippen LogP contribution is 2.21. The van der Waals surface area contributed by atoms with Gasteiger partial charge < -0.3 is 10.2 Å². The van der Waals surface area contributed by atoms with Crippen molar-refractivity contribution < 1.29 is 32.2 Å². The lowest BCUT2D eigenvalue weighted by molar-refractivity contribution is 0.0696. The zero-order valence-corrected chi connectivity index (χ0v) is 12.8. The molecule has 1 unspecified atom stereocenters. The lowest BCUT2D eigenvalue weighted by atomic mass is 10.1. The van der Waals surface area contributed by atoms with Gasteiger partial charge in [0, 0.05) is 6.54 Å². The fourth-order valence-electron chi connectivity index (χ4n) is 1.91. The maximum Gasteiger partial charge on any atom is 0.335 e. The van der Waals surface area contributed by atoms with Crippen LogP contribution in [0.5, 0.6) is 0 Å². The van der Waals surface area contributed by atoms with Gasteiger partial charge in [-0.05, 0) is 37.6 Å². The first-order valence-electron chi connectivity index (χ1n) is 6.36. The van der Waals surface area contributed by atoms with E-state index in [2.05, 4.69) is 0 Å². The van der Waals surface area contributed by atoms with Gasteiger partial charge in [-0.25, -0.2) is 22.0 Å². The number of sulfonamides is 1. The predicted octanol–water partition coefficient (Wildman–Crippen LogP) is 1.33. The maximum absolute atomic E-state index is 12.6. The predicted molar refractivity (Wildman–Crippen MR) is 74.6 cm³/mol. The summed E-state index contributed by atoms with van der Waals surface area (Å²) in [5, 5.41) is 18.2. The molecule has 1 atom stereocenters. The summed E-state index contributed by atoms with van der Waals surface area (Å²) in [5.41, 5.74) is 0.123. The van der Waals surface area contributed by atoms with Crippen LogP contribution in [0, 0.1) is 6.92 Å². The maximum atomic E-state index is 12.6. The number of hydrogen-bond acceptors (Lipinski definition) is 4. The Morgan fingerprint density at radius 2 is 1.91 bits per heavy atom. The standard InChI is InChI=1S/C13H17F2NO5S/c1-8-5-10(3-4-11(8)13(18)19)22(20,21)16(6-9(2)17)7-12(14)15/h3-5,9,12,17H,6-7H2,1-2H3,(H,18,19). The summed E-state index contributed by atoms with van der Waals surface area (Å²) in [6.45, 7) is 1.17. The molecule has 0 radical (unpaired) electrons. The van der Waals surface area contributed by atoms with Crippen molar-refractivity contribution in [3.63, 3.8) is 0 Å². The molecule has 0 bridgehead atoms. The van der Waals surface area contributed by atoms with Crippen molar-refractivity contribution in [2.24, 2.45) is 0 Å². The molecular weight excluding hydrogens is 320 g/mol. The molecule has 0 aromatic heterocycles. The van der Waals surface area contributed by atoms with Gasteiger partial charge in [0.1, 0.15) is 0 Å². The van der Waals surface area contributed by atoms with Crippen LogP contribution in [-0.2, 0) is 10.0 Å². The van der Waals surface area contributed by atoms with E-state index in [0.717, 1.165) is 18.2 Å². The highest BCUT2D eigenvalue weighted by molar-refractivity contribution is 7.89. The molecule has 0 aliphatic heterocycles. The van der Waals surface area contributed by atoms with E-state index in [9.17, 15) is 27.1 Å². The first-order valence-corrected chi connectivity index (χ1v) is 7.80. The molecule has 124 valence electrons. The van der Waals surface area contributed by atoms with Crippen molar-refractivity contribution in [2.75, 3.05) is 13.1 Å². The van der Waals surface area contributed by atoms with Crippen molar-refractivity contribution in [1.29, 1.82) is 0 Å². The van der Waals surface area contributed by atoms with Gasteiger partial charge in [0.2, 0.25) is 10.0 Å². The molecule has 0 aliphatic rings. The van der Waals surface area contributed by atoms with Crippen LogP contribution in [0.25, 0.3) is 0 Å². The lowest BCUT2D eigenvalue weighted by Gasteiger charge is -2.23. The summed E-state index contributed by atoms with van der Waals surface area (Å²) in [6, 6.07) is 3.26. The monoisotopic (exact) mass is 337 g/mol. The Morgan fingerprint density at radius 1 is 1.32 bits per heavy atom. The fraction of sp³-hybridized carbons (Fsp3) is 0.462. The Labute approximate surface area is 127 Å². The lowest BCUT2D eigenvalue weighted by Crippen LogP contribution is -2.39. The SMILES string of the molecule is Cc1cc(S(=O)(=O)N(CC(C)O)CC(F)F)ccc1C(=O)O. The van der Waals surface area contributed by atoms with E-state index in [1.54, 1.807) is 0 Å². The number of hydrogen-bond donors (Lipinski definition) is 2. The van der Waals surface area contributed by atoms with Gasteiger partial charge >= 0.3 is 5.97 Å². The molecule has 0 fully saturated rings. The van der Waals surface area contributed by atoms with Crippen molar-refractivity contribution in [2.45, 2.75) is 31.3 Å². The molecule has 22 heavy (non-hydrogen) atoms. The fourth-order valence-corrected chi connectivity index (χ4v) is 3.49. The van der Waals surface area contributed by atoms with Gasteiger partial charge in [0.25, 0.3) is 6.43 Å². The molecule has 0 spiro atoms. The second-order valence-corrected chi connectivity index (χ2v) is 6.78. The van der Waals surface area contributed by atoms with E-state index in [4.69, 9.17) is 5.11 Å². The molecule has 1 aromatic rings. The van der Waals surface area contributed by atoms with E-state index < -0.39 is 41.6 Å². The molecule has 0 heterocycles. The number of aliphatic hydroxyl groups excluding tert-OH is 1. The Kier molecular flexibility index (Phi) is 5.98.